The highest BCUT2D eigenvalue weighted by atomic mass is 16.6. The Kier molecular flexibility index (Phi) is 4.28. The second-order valence-electron chi connectivity index (χ2n) is 4.10. The summed E-state index contributed by atoms with van der Waals surface area (Å²) in [6, 6.07) is 3.98. The van der Waals surface area contributed by atoms with E-state index in [0.29, 0.717) is 5.75 Å². The third-order valence-electron chi connectivity index (χ3n) is 2.38. The quantitative estimate of drug-likeness (QED) is 0.578. The average molecular weight is 270 g/mol. The predicted molar refractivity (Wildman–Crippen MR) is 65.4 cm³/mol. The SMILES string of the molecule is COc1ccc(OCC(C)(N)C(=O)O)c([N+](=O)[O-])c1. The van der Waals surface area contributed by atoms with Crippen LogP contribution in [0.1, 0.15) is 6.92 Å². The van der Waals surface area contributed by atoms with Gasteiger partial charge in [-0.05, 0) is 19.1 Å². The summed E-state index contributed by atoms with van der Waals surface area (Å²) in [4.78, 5) is 21.0. The Morgan fingerprint density at radius 1 is 1.58 bits per heavy atom. The van der Waals surface area contributed by atoms with E-state index in [0.717, 1.165) is 0 Å². The molecule has 1 aromatic carbocycles. The van der Waals surface area contributed by atoms with Crippen LogP contribution in [0.5, 0.6) is 11.5 Å². The number of carbonyl (C=O) groups is 1. The fraction of sp³-hybridized carbons (Fsp3) is 0.364. The first-order valence-corrected chi connectivity index (χ1v) is 5.25. The van der Waals surface area contributed by atoms with Crippen molar-refractivity contribution in [3.63, 3.8) is 0 Å². The lowest BCUT2D eigenvalue weighted by atomic mass is 10.1. The van der Waals surface area contributed by atoms with Crippen molar-refractivity contribution >= 4 is 11.7 Å². The van der Waals surface area contributed by atoms with Crippen molar-refractivity contribution in [3.8, 4) is 11.5 Å². The van der Waals surface area contributed by atoms with Crippen LogP contribution in [0.4, 0.5) is 5.69 Å². The molecule has 1 rings (SSSR count). The van der Waals surface area contributed by atoms with Crippen LogP contribution >= 0.6 is 0 Å². The topological polar surface area (TPSA) is 125 Å². The lowest BCUT2D eigenvalue weighted by molar-refractivity contribution is -0.386. The van der Waals surface area contributed by atoms with E-state index in [2.05, 4.69) is 0 Å². The van der Waals surface area contributed by atoms with Gasteiger partial charge in [0.1, 0.15) is 17.9 Å². The second-order valence-corrected chi connectivity index (χ2v) is 4.10. The number of nitrogens with zero attached hydrogens (tertiary/aromatic N) is 1. The van der Waals surface area contributed by atoms with Gasteiger partial charge in [0.15, 0.2) is 5.75 Å². The van der Waals surface area contributed by atoms with Gasteiger partial charge in [-0.15, -0.1) is 0 Å². The second kappa shape index (κ2) is 5.53. The van der Waals surface area contributed by atoms with Crippen LogP contribution in [0.2, 0.25) is 0 Å². The largest absolute Gasteiger partial charge is 0.496 e. The van der Waals surface area contributed by atoms with Gasteiger partial charge in [-0.1, -0.05) is 0 Å². The molecule has 0 saturated carbocycles. The Morgan fingerprint density at radius 2 is 2.21 bits per heavy atom. The molecular weight excluding hydrogens is 256 g/mol. The molecule has 8 nitrogen and oxygen atoms in total. The van der Waals surface area contributed by atoms with Crippen molar-refractivity contribution in [1.29, 1.82) is 0 Å². The first kappa shape index (κ1) is 14.7. The monoisotopic (exact) mass is 270 g/mol. The van der Waals surface area contributed by atoms with Gasteiger partial charge in [-0.25, -0.2) is 0 Å². The zero-order valence-corrected chi connectivity index (χ0v) is 10.5. The van der Waals surface area contributed by atoms with E-state index in [4.69, 9.17) is 20.3 Å². The highest BCUT2D eigenvalue weighted by molar-refractivity contribution is 5.78. The highest BCUT2D eigenvalue weighted by Gasteiger charge is 2.30. The number of aliphatic carboxylic acids is 1. The normalized spacial score (nSPS) is 13.4. The summed E-state index contributed by atoms with van der Waals surface area (Å²) in [5, 5.41) is 19.7. The van der Waals surface area contributed by atoms with Crippen molar-refractivity contribution in [1.82, 2.24) is 0 Å². The number of hydrogen-bond donors (Lipinski definition) is 2. The van der Waals surface area contributed by atoms with Crippen molar-refractivity contribution in [2.24, 2.45) is 5.73 Å². The molecule has 0 heterocycles. The molecule has 0 amide bonds. The molecule has 8 heteroatoms. The van der Waals surface area contributed by atoms with E-state index in [1.807, 2.05) is 0 Å². The minimum atomic E-state index is -1.63. The summed E-state index contributed by atoms with van der Waals surface area (Å²) < 4.78 is 9.99. The number of carboxylic acid groups (broad SMARTS) is 1. The molecule has 0 aliphatic heterocycles. The summed E-state index contributed by atoms with van der Waals surface area (Å²) in [6.07, 6.45) is 0. The molecule has 0 saturated heterocycles. The van der Waals surface area contributed by atoms with Crippen LogP contribution in [0, 0.1) is 10.1 Å². The fourth-order valence-corrected chi connectivity index (χ4v) is 1.18. The number of rotatable bonds is 6. The summed E-state index contributed by atoms with van der Waals surface area (Å²) in [5.74, 6) is -1.03. The summed E-state index contributed by atoms with van der Waals surface area (Å²) in [7, 11) is 1.38. The third-order valence-corrected chi connectivity index (χ3v) is 2.38. The summed E-state index contributed by atoms with van der Waals surface area (Å²) in [6.45, 7) is 0.861. The fourth-order valence-electron chi connectivity index (χ4n) is 1.18. The lowest BCUT2D eigenvalue weighted by Crippen LogP contribution is -2.50. The first-order valence-electron chi connectivity index (χ1n) is 5.25. The Balaban J connectivity index is 2.95. The number of methoxy groups -OCH3 is 1. The molecule has 1 unspecified atom stereocenters. The number of nitro benzene ring substituents is 1. The molecular formula is C11H14N2O6. The van der Waals surface area contributed by atoms with Gasteiger partial charge in [0, 0.05) is 0 Å². The number of nitrogens with two attached hydrogens (primary N) is 1. The molecule has 1 aromatic rings. The Hall–Kier alpha value is -2.35. The van der Waals surface area contributed by atoms with E-state index in [1.165, 1.54) is 32.2 Å². The molecule has 0 radical (unpaired) electrons. The van der Waals surface area contributed by atoms with Gasteiger partial charge < -0.3 is 20.3 Å². The van der Waals surface area contributed by atoms with Crippen LogP contribution < -0.4 is 15.2 Å². The molecule has 3 N–H and O–H groups in total. The molecule has 0 fully saturated rings. The van der Waals surface area contributed by atoms with Gasteiger partial charge >= 0.3 is 11.7 Å². The van der Waals surface area contributed by atoms with Gasteiger partial charge in [0.05, 0.1) is 18.1 Å². The average Bonchev–Trinajstić information content (AvgIpc) is 2.35. The Labute approximate surface area is 108 Å². The third kappa shape index (κ3) is 3.55. The van der Waals surface area contributed by atoms with Crippen molar-refractivity contribution in [3.05, 3.63) is 28.3 Å². The Morgan fingerprint density at radius 3 is 2.68 bits per heavy atom. The van der Waals surface area contributed by atoms with Crippen LogP contribution in [0.25, 0.3) is 0 Å². The molecule has 0 aliphatic rings. The zero-order chi connectivity index (χ0) is 14.6. The number of nitro groups is 1. The minimum Gasteiger partial charge on any atom is -0.496 e. The summed E-state index contributed by atoms with van der Waals surface area (Å²) in [5.41, 5.74) is 3.52. The smallest absolute Gasteiger partial charge is 0.326 e. The van der Waals surface area contributed by atoms with Crippen LogP contribution in [0.3, 0.4) is 0 Å². The standard InChI is InChI=1S/C11H14N2O6/c1-11(12,10(14)15)6-19-9-4-3-7(18-2)5-8(9)13(16)17/h3-5H,6,12H2,1-2H3,(H,14,15). The van der Waals surface area contributed by atoms with Crippen molar-refractivity contribution in [2.45, 2.75) is 12.5 Å². The van der Waals surface area contributed by atoms with Crippen molar-refractivity contribution < 1.29 is 24.3 Å². The van der Waals surface area contributed by atoms with Crippen LogP contribution in [-0.2, 0) is 4.79 Å². The van der Waals surface area contributed by atoms with Gasteiger partial charge in [-0.2, -0.15) is 0 Å². The minimum absolute atomic E-state index is 0.0660. The zero-order valence-electron chi connectivity index (χ0n) is 10.5. The number of ether oxygens (including phenoxy) is 2. The van der Waals surface area contributed by atoms with Crippen molar-refractivity contribution in [2.75, 3.05) is 13.7 Å². The molecule has 104 valence electrons. The predicted octanol–water partition coefficient (Wildman–Crippen LogP) is 0.784. The maximum atomic E-state index is 10.9. The summed E-state index contributed by atoms with van der Waals surface area (Å²) >= 11 is 0. The number of carboxylic acids is 1. The molecule has 19 heavy (non-hydrogen) atoms. The van der Waals surface area contributed by atoms with E-state index in [9.17, 15) is 14.9 Å². The molecule has 0 bridgehead atoms. The van der Waals surface area contributed by atoms with Gasteiger partial charge in [-0.3, -0.25) is 14.9 Å². The van der Waals surface area contributed by atoms with E-state index in [-0.39, 0.29) is 11.4 Å². The maximum Gasteiger partial charge on any atom is 0.326 e. The maximum absolute atomic E-state index is 10.9. The van der Waals surface area contributed by atoms with E-state index < -0.39 is 23.0 Å². The van der Waals surface area contributed by atoms with Crippen LogP contribution in [0.15, 0.2) is 18.2 Å². The van der Waals surface area contributed by atoms with E-state index >= 15 is 0 Å². The van der Waals surface area contributed by atoms with Gasteiger partial charge in [0.25, 0.3) is 0 Å². The highest BCUT2D eigenvalue weighted by Crippen LogP contribution is 2.31. The van der Waals surface area contributed by atoms with Crippen LogP contribution in [-0.4, -0.2) is 35.3 Å². The molecule has 0 aliphatic carbocycles. The Bertz CT molecular complexity index is 500. The number of benzene rings is 1. The van der Waals surface area contributed by atoms with E-state index in [1.54, 1.807) is 0 Å². The lowest BCUT2D eigenvalue weighted by Gasteiger charge is -2.19. The molecule has 1 atom stereocenters. The molecule has 0 spiro atoms. The first-order chi connectivity index (χ1) is 8.77. The number of hydrogen-bond acceptors (Lipinski definition) is 6. The molecule has 0 aromatic heterocycles. The van der Waals surface area contributed by atoms with Gasteiger partial charge in [0.2, 0.25) is 0 Å².